The largest absolute Gasteiger partial charge is 0.485 e. The van der Waals surface area contributed by atoms with Gasteiger partial charge in [0.25, 0.3) is 0 Å². The van der Waals surface area contributed by atoms with Crippen molar-refractivity contribution in [3.8, 4) is 11.8 Å². The second kappa shape index (κ2) is 6.82. The number of aromatic nitrogens is 3. The van der Waals surface area contributed by atoms with Gasteiger partial charge in [-0.15, -0.1) is 10.2 Å². The van der Waals surface area contributed by atoms with E-state index in [-0.39, 0.29) is 18.2 Å². The molecule has 28 heavy (non-hydrogen) atoms. The van der Waals surface area contributed by atoms with Crippen LogP contribution in [0.2, 0.25) is 0 Å². The second-order valence-electron chi connectivity index (χ2n) is 7.83. The molecule has 8 nitrogen and oxygen atoms in total. The predicted octanol–water partition coefficient (Wildman–Crippen LogP) is 2.16. The molecule has 1 aromatic carbocycles. The molecule has 144 valence electrons. The molecule has 3 aliphatic rings. The van der Waals surface area contributed by atoms with Crippen LogP contribution < -0.4 is 4.74 Å². The molecule has 1 aliphatic carbocycles. The highest BCUT2D eigenvalue weighted by Gasteiger charge is 2.38. The Labute approximate surface area is 163 Å². The molecule has 8 heteroatoms. The zero-order valence-corrected chi connectivity index (χ0v) is 15.6. The van der Waals surface area contributed by atoms with E-state index in [0.717, 1.165) is 31.4 Å². The molecule has 0 radical (unpaired) electrons. The number of amides is 2. The van der Waals surface area contributed by atoms with Crippen molar-refractivity contribution in [2.45, 2.75) is 37.3 Å². The average molecular weight is 378 g/mol. The van der Waals surface area contributed by atoms with Crippen LogP contribution in [0.25, 0.3) is 0 Å². The maximum atomic E-state index is 12.7. The van der Waals surface area contributed by atoms with Crippen LogP contribution in [0.3, 0.4) is 0 Å². The van der Waals surface area contributed by atoms with E-state index >= 15 is 0 Å². The number of carbonyl (C=O) groups is 1. The van der Waals surface area contributed by atoms with E-state index in [9.17, 15) is 10.1 Å². The summed E-state index contributed by atoms with van der Waals surface area (Å²) < 4.78 is 8.02. The van der Waals surface area contributed by atoms with Crippen LogP contribution in [0.4, 0.5) is 4.79 Å². The van der Waals surface area contributed by atoms with Crippen LogP contribution in [0.1, 0.15) is 42.3 Å². The van der Waals surface area contributed by atoms with E-state index in [4.69, 9.17) is 4.74 Å². The van der Waals surface area contributed by atoms with Gasteiger partial charge in [0, 0.05) is 13.1 Å². The number of urea groups is 1. The highest BCUT2D eigenvalue weighted by Crippen LogP contribution is 2.43. The number of likely N-dealkylation sites (tertiary alicyclic amines) is 2. The highest BCUT2D eigenvalue weighted by molar-refractivity contribution is 5.75. The van der Waals surface area contributed by atoms with Crippen LogP contribution in [0, 0.1) is 11.3 Å². The lowest BCUT2D eigenvalue weighted by Crippen LogP contribution is -2.59. The summed E-state index contributed by atoms with van der Waals surface area (Å²) in [5.74, 6) is 1.16. The van der Waals surface area contributed by atoms with Gasteiger partial charge < -0.3 is 19.1 Å². The Bertz CT molecular complexity index is 911. The monoisotopic (exact) mass is 378 g/mol. The number of nitriles is 1. The van der Waals surface area contributed by atoms with Crippen molar-refractivity contribution in [3.63, 3.8) is 0 Å². The van der Waals surface area contributed by atoms with Crippen molar-refractivity contribution in [3.05, 3.63) is 42.0 Å². The Morgan fingerprint density at radius 3 is 2.61 bits per heavy atom. The number of hydrogen-bond acceptors (Lipinski definition) is 5. The lowest BCUT2D eigenvalue weighted by atomic mass is 10.0. The quantitative estimate of drug-likeness (QED) is 0.814. The molecule has 2 aromatic rings. The maximum absolute atomic E-state index is 12.7. The zero-order chi connectivity index (χ0) is 19.1. The molecule has 0 unspecified atom stereocenters. The van der Waals surface area contributed by atoms with E-state index < -0.39 is 0 Å². The Kier molecular flexibility index (Phi) is 4.15. The van der Waals surface area contributed by atoms with Gasteiger partial charge in [0.2, 0.25) is 0 Å². The molecule has 0 N–H and O–H groups in total. The lowest BCUT2D eigenvalue weighted by Gasteiger charge is -2.41. The van der Waals surface area contributed by atoms with Crippen LogP contribution in [-0.4, -0.2) is 62.9 Å². The number of carbonyl (C=O) groups excluding carboxylic acids is 1. The van der Waals surface area contributed by atoms with Gasteiger partial charge >= 0.3 is 6.03 Å². The summed E-state index contributed by atoms with van der Waals surface area (Å²) in [4.78, 5) is 16.4. The molecule has 5 rings (SSSR count). The Hall–Kier alpha value is -3.08. The van der Waals surface area contributed by atoms with Gasteiger partial charge in [-0.2, -0.15) is 5.26 Å². The first-order valence-corrected chi connectivity index (χ1v) is 9.80. The van der Waals surface area contributed by atoms with E-state index in [1.807, 2.05) is 32.6 Å². The first-order valence-electron chi connectivity index (χ1n) is 9.80. The van der Waals surface area contributed by atoms with Crippen LogP contribution in [0.5, 0.6) is 5.75 Å². The Morgan fingerprint density at radius 2 is 1.89 bits per heavy atom. The third kappa shape index (κ3) is 3.07. The van der Waals surface area contributed by atoms with Crippen molar-refractivity contribution < 1.29 is 9.53 Å². The average Bonchev–Trinajstić information content (AvgIpc) is 3.17. The molecule has 2 amide bonds. The molecule has 1 aromatic heterocycles. The smallest absolute Gasteiger partial charge is 0.320 e. The molecule has 1 saturated carbocycles. The summed E-state index contributed by atoms with van der Waals surface area (Å²) in [6, 6.07) is 8.46. The fourth-order valence-corrected chi connectivity index (χ4v) is 4.11. The Balaban J connectivity index is 1.17. The number of hydrogen-bond donors (Lipinski definition) is 0. The first kappa shape index (κ1) is 17.0. The minimum absolute atomic E-state index is 0.0539. The number of benzene rings is 1. The molecule has 2 aliphatic heterocycles. The van der Waals surface area contributed by atoms with Crippen LogP contribution >= 0.6 is 0 Å². The fraction of sp³-hybridized carbons (Fsp3) is 0.500. The van der Waals surface area contributed by atoms with Gasteiger partial charge in [-0.25, -0.2) is 4.79 Å². The maximum Gasteiger partial charge on any atom is 0.320 e. The Morgan fingerprint density at radius 1 is 1.11 bits per heavy atom. The first-order chi connectivity index (χ1) is 13.7. The van der Waals surface area contributed by atoms with Gasteiger partial charge in [-0.1, -0.05) is 12.1 Å². The summed E-state index contributed by atoms with van der Waals surface area (Å²) >= 11 is 0. The second-order valence-corrected chi connectivity index (χ2v) is 7.83. The van der Waals surface area contributed by atoms with Crippen molar-refractivity contribution in [1.82, 2.24) is 24.6 Å². The molecule has 0 bridgehead atoms. The van der Waals surface area contributed by atoms with Crippen molar-refractivity contribution in [2.75, 3.05) is 26.2 Å². The van der Waals surface area contributed by atoms with Crippen LogP contribution in [-0.2, 0) is 0 Å². The van der Waals surface area contributed by atoms with Crippen LogP contribution in [0.15, 0.2) is 30.9 Å². The van der Waals surface area contributed by atoms with Crippen molar-refractivity contribution in [2.24, 2.45) is 0 Å². The molecular weight excluding hydrogens is 356 g/mol. The van der Waals surface area contributed by atoms with E-state index in [0.29, 0.717) is 36.9 Å². The molecule has 1 atom stereocenters. The molecule has 2 saturated heterocycles. The van der Waals surface area contributed by atoms with Gasteiger partial charge in [-0.05, 0) is 36.8 Å². The normalized spacial score (nSPS) is 22.0. The lowest BCUT2D eigenvalue weighted by molar-refractivity contribution is 0.0327. The van der Waals surface area contributed by atoms with Crippen molar-refractivity contribution >= 4 is 6.03 Å². The van der Waals surface area contributed by atoms with E-state index in [2.05, 4.69) is 16.3 Å². The topological polar surface area (TPSA) is 87.3 Å². The van der Waals surface area contributed by atoms with Gasteiger partial charge in [0.1, 0.15) is 30.6 Å². The minimum atomic E-state index is -0.0539. The van der Waals surface area contributed by atoms with Gasteiger partial charge in [-0.3, -0.25) is 0 Å². The molecule has 0 spiro atoms. The molecule has 3 fully saturated rings. The standard InChI is InChI=1S/C20H22N6O2/c21-8-18-17(14-4-5-14)2-1-3-19(18)28-16-10-25(11-16)20(27)24-7-6-15(9-24)26-12-22-23-13-26/h1-3,12-16H,4-7,9-11H2/t15-/m0/s1. The molecule has 3 heterocycles. The summed E-state index contributed by atoms with van der Waals surface area (Å²) in [6.07, 6.45) is 6.56. The fourth-order valence-electron chi connectivity index (χ4n) is 4.11. The third-order valence-corrected chi connectivity index (χ3v) is 5.89. The number of rotatable bonds is 4. The van der Waals surface area contributed by atoms with Gasteiger partial charge in [0.05, 0.1) is 24.7 Å². The number of nitrogens with zero attached hydrogens (tertiary/aromatic N) is 6. The highest BCUT2D eigenvalue weighted by atomic mass is 16.5. The summed E-state index contributed by atoms with van der Waals surface area (Å²) in [6.45, 7) is 2.54. The number of ether oxygens (including phenoxy) is 1. The summed E-state index contributed by atoms with van der Waals surface area (Å²) in [5, 5.41) is 17.2. The zero-order valence-electron chi connectivity index (χ0n) is 15.6. The SMILES string of the molecule is N#Cc1c(OC2CN(C(=O)N3CC[C@H](n4cnnc4)C3)C2)cccc1C1CC1. The van der Waals surface area contributed by atoms with Gasteiger partial charge in [0.15, 0.2) is 0 Å². The minimum Gasteiger partial charge on any atom is -0.485 e. The molecular formula is C20H22N6O2. The summed E-state index contributed by atoms with van der Waals surface area (Å²) in [5.41, 5.74) is 1.76. The van der Waals surface area contributed by atoms with E-state index in [1.54, 1.807) is 12.7 Å². The van der Waals surface area contributed by atoms with Crippen molar-refractivity contribution in [1.29, 1.82) is 5.26 Å². The van der Waals surface area contributed by atoms with E-state index in [1.165, 1.54) is 0 Å². The third-order valence-electron chi connectivity index (χ3n) is 5.89. The summed E-state index contributed by atoms with van der Waals surface area (Å²) in [7, 11) is 0. The predicted molar refractivity (Wildman–Crippen MR) is 99.8 cm³/mol.